The zero-order chi connectivity index (χ0) is 24.4. The zero-order valence-electron chi connectivity index (χ0n) is 19.0. The van der Waals surface area contributed by atoms with Crippen LogP contribution in [0.4, 0.5) is 4.79 Å². The van der Waals surface area contributed by atoms with Crippen molar-refractivity contribution in [2.24, 2.45) is 0 Å². The summed E-state index contributed by atoms with van der Waals surface area (Å²) >= 11 is 1.28. The molecule has 0 radical (unpaired) electrons. The quantitative estimate of drug-likeness (QED) is 0.307. The summed E-state index contributed by atoms with van der Waals surface area (Å²) < 4.78 is 5.05. The van der Waals surface area contributed by atoms with Crippen molar-refractivity contribution in [2.45, 2.75) is 36.6 Å². The highest BCUT2D eigenvalue weighted by atomic mass is 32.2. The molecule has 8 heteroatoms. The van der Waals surface area contributed by atoms with E-state index < -0.39 is 24.5 Å². The van der Waals surface area contributed by atoms with Crippen molar-refractivity contribution in [2.75, 3.05) is 12.4 Å². The number of amides is 3. The second-order valence-corrected chi connectivity index (χ2v) is 9.68. The van der Waals surface area contributed by atoms with Crippen LogP contribution in [-0.4, -0.2) is 42.1 Å². The summed E-state index contributed by atoms with van der Waals surface area (Å²) in [6, 6.07) is 16.6. The van der Waals surface area contributed by atoms with E-state index in [0.29, 0.717) is 11.1 Å². The Kier molecular flexibility index (Phi) is 6.55. The van der Waals surface area contributed by atoms with Crippen LogP contribution in [0.2, 0.25) is 0 Å². The van der Waals surface area contributed by atoms with Crippen LogP contribution in [0.3, 0.4) is 0 Å². The highest BCUT2D eigenvalue weighted by molar-refractivity contribution is 8.00. The Hall–Kier alpha value is -3.65. The van der Waals surface area contributed by atoms with E-state index in [4.69, 9.17) is 4.74 Å². The summed E-state index contributed by atoms with van der Waals surface area (Å²) in [5.74, 6) is -1.26. The van der Waals surface area contributed by atoms with Gasteiger partial charge in [0.2, 0.25) is 0 Å². The van der Waals surface area contributed by atoms with Crippen LogP contribution in [-0.2, 0) is 14.3 Å². The summed E-state index contributed by atoms with van der Waals surface area (Å²) in [6.45, 7) is -0.521. The predicted octanol–water partition coefficient (Wildman–Crippen LogP) is 4.45. The number of carbonyl (C=O) groups is 4. The maximum absolute atomic E-state index is 13.0. The number of urea groups is 1. The van der Waals surface area contributed by atoms with Crippen molar-refractivity contribution in [3.8, 4) is 11.1 Å². The van der Waals surface area contributed by atoms with Crippen molar-refractivity contribution < 1.29 is 23.9 Å². The van der Waals surface area contributed by atoms with Gasteiger partial charge in [0.25, 0.3) is 5.91 Å². The molecule has 0 heterocycles. The van der Waals surface area contributed by atoms with Gasteiger partial charge in [0.1, 0.15) is 0 Å². The molecule has 0 bridgehead atoms. The standard InChI is InChI=1S/C27H24N2O5S/c30-23(29-27(33)28-16-6-1-2-7-16)14-34-24(31)15-35-22-13-12-18-17-8-3-4-9-19(17)26(32)21-11-5-10-20(22)25(18)21/h3-5,8-13,16H,1-2,6-7,14-15H2,(H2,28,29,30,33). The Bertz CT molecular complexity index is 1350. The third kappa shape index (κ3) is 4.79. The van der Waals surface area contributed by atoms with E-state index in [2.05, 4.69) is 10.6 Å². The van der Waals surface area contributed by atoms with E-state index in [0.717, 1.165) is 52.5 Å². The molecule has 1 saturated carbocycles. The number of benzene rings is 3. The SMILES string of the molecule is O=C(COC(=O)CSc1ccc2c3c(cccc13)C(=O)c1ccccc1-2)NC(=O)NC1CCCC1. The average molecular weight is 489 g/mol. The number of hydrogen-bond acceptors (Lipinski definition) is 6. The molecule has 3 aromatic carbocycles. The van der Waals surface area contributed by atoms with E-state index in [1.165, 1.54) is 11.8 Å². The molecule has 0 aromatic heterocycles. The first kappa shape index (κ1) is 23.1. The van der Waals surface area contributed by atoms with Crippen LogP contribution in [0, 0.1) is 0 Å². The number of nitrogens with one attached hydrogen (secondary N) is 2. The summed E-state index contributed by atoms with van der Waals surface area (Å²) in [5, 5.41) is 6.71. The van der Waals surface area contributed by atoms with Gasteiger partial charge < -0.3 is 10.1 Å². The molecule has 5 rings (SSSR count). The fourth-order valence-electron chi connectivity index (χ4n) is 4.76. The lowest BCUT2D eigenvalue weighted by molar-refractivity contribution is -0.145. The van der Waals surface area contributed by atoms with Gasteiger partial charge in [0, 0.05) is 27.5 Å². The summed E-state index contributed by atoms with van der Waals surface area (Å²) in [4.78, 5) is 50.0. The summed E-state index contributed by atoms with van der Waals surface area (Å²) in [5.41, 5.74) is 3.23. The Balaban J connectivity index is 1.21. The molecule has 0 saturated heterocycles. The minimum atomic E-state index is -0.669. The number of thioether (sulfide) groups is 1. The van der Waals surface area contributed by atoms with Gasteiger partial charge in [0.15, 0.2) is 12.4 Å². The maximum Gasteiger partial charge on any atom is 0.321 e. The van der Waals surface area contributed by atoms with Crippen molar-refractivity contribution in [1.82, 2.24) is 10.6 Å². The first-order valence-corrected chi connectivity index (χ1v) is 12.6. The molecule has 2 aliphatic carbocycles. The van der Waals surface area contributed by atoms with Crippen LogP contribution < -0.4 is 10.6 Å². The average Bonchev–Trinajstić information content (AvgIpc) is 3.37. The number of fused-ring (bicyclic) bond motifs is 2. The minimum absolute atomic E-state index is 0.00917. The molecule has 35 heavy (non-hydrogen) atoms. The second kappa shape index (κ2) is 9.92. The molecule has 7 nitrogen and oxygen atoms in total. The Morgan fingerprint density at radius 1 is 0.886 bits per heavy atom. The van der Waals surface area contributed by atoms with Gasteiger partial charge in [0.05, 0.1) is 5.75 Å². The predicted molar refractivity (Wildman–Crippen MR) is 133 cm³/mol. The number of hydrogen-bond donors (Lipinski definition) is 2. The molecular formula is C27H24N2O5S. The second-order valence-electron chi connectivity index (χ2n) is 8.67. The third-order valence-electron chi connectivity index (χ3n) is 6.36. The largest absolute Gasteiger partial charge is 0.455 e. The van der Waals surface area contributed by atoms with Crippen LogP contribution >= 0.6 is 11.8 Å². The molecular weight excluding hydrogens is 464 g/mol. The Morgan fingerprint density at radius 2 is 1.63 bits per heavy atom. The number of ether oxygens (including phenoxy) is 1. The zero-order valence-corrected chi connectivity index (χ0v) is 19.8. The molecule has 0 unspecified atom stereocenters. The van der Waals surface area contributed by atoms with E-state index in [-0.39, 0.29) is 17.6 Å². The highest BCUT2D eigenvalue weighted by Gasteiger charge is 2.25. The van der Waals surface area contributed by atoms with E-state index >= 15 is 0 Å². The lowest BCUT2D eigenvalue weighted by Gasteiger charge is -2.21. The normalized spacial score (nSPS) is 14.5. The fraction of sp³-hybridized carbons (Fsp3) is 0.259. The first-order valence-electron chi connectivity index (χ1n) is 11.6. The van der Waals surface area contributed by atoms with Crippen molar-refractivity contribution in [3.05, 3.63) is 65.7 Å². The number of carbonyl (C=O) groups excluding carboxylic acids is 4. The van der Waals surface area contributed by atoms with Gasteiger partial charge in [-0.1, -0.05) is 61.4 Å². The van der Waals surface area contributed by atoms with Gasteiger partial charge in [-0.2, -0.15) is 0 Å². The van der Waals surface area contributed by atoms with Crippen LogP contribution in [0.15, 0.2) is 59.5 Å². The Labute approximate surface area is 206 Å². The van der Waals surface area contributed by atoms with E-state index in [1.807, 2.05) is 54.6 Å². The number of ketones is 1. The van der Waals surface area contributed by atoms with Crippen LogP contribution in [0.5, 0.6) is 0 Å². The van der Waals surface area contributed by atoms with Gasteiger partial charge in [-0.25, -0.2) is 4.79 Å². The van der Waals surface area contributed by atoms with E-state index in [9.17, 15) is 19.2 Å². The fourth-order valence-corrected chi connectivity index (χ4v) is 5.61. The number of imide groups is 1. The lowest BCUT2D eigenvalue weighted by atomic mass is 9.83. The lowest BCUT2D eigenvalue weighted by Crippen LogP contribution is -2.45. The summed E-state index contributed by atoms with van der Waals surface area (Å²) in [7, 11) is 0. The van der Waals surface area contributed by atoms with Crippen molar-refractivity contribution >= 4 is 46.2 Å². The van der Waals surface area contributed by atoms with Crippen molar-refractivity contribution in [3.63, 3.8) is 0 Å². The molecule has 0 spiro atoms. The van der Waals surface area contributed by atoms with Crippen LogP contribution in [0.1, 0.15) is 41.6 Å². The van der Waals surface area contributed by atoms with Gasteiger partial charge in [-0.05, 0) is 35.4 Å². The van der Waals surface area contributed by atoms with E-state index in [1.54, 1.807) is 0 Å². The smallest absolute Gasteiger partial charge is 0.321 e. The molecule has 1 fully saturated rings. The molecule has 0 atom stereocenters. The molecule has 178 valence electrons. The minimum Gasteiger partial charge on any atom is -0.455 e. The molecule has 2 N–H and O–H groups in total. The highest BCUT2D eigenvalue weighted by Crippen LogP contribution is 2.42. The first-order chi connectivity index (χ1) is 17.0. The van der Waals surface area contributed by atoms with Gasteiger partial charge in [-0.15, -0.1) is 11.8 Å². The van der Waals surface area contributed by atoms with Crippen molar-refractivity contribution in [1.29, 1.82) is 0 Å². The molecule has 3 amide bonds. The number of rotatable bonds is 6. The topological polar surface area (TPSA) is 102 Å². The monoisotopic (exact) mass is 488 g/mol. The molecule has 0 aliphatic heterocycles. The third-order valence-corrected chi connectivity index (χ3v) is 7.41. The van der Waals surface area contributed by atoms with Gasteiger partial charge in [-0.3, -0.25) is 19.7 Å². The Morgan fingerprint density at radius 3 is 2.43 bits per heavy atom. The van der Waals surface area contributed by atoms with Crippen LogP contribution in [0.25, 0.3) is 21.9 Å². The van der Waals surface area contributed by atoms with Gasteiger partial charge >= 0.3 is 12.0 Å². The summed E-state index contributed by atoms with van der Waals surface area (Å²) in [6.07, 6.45) is 3.95. The number of esters is 1. The maximum atomic E-state index is 13.0. The molecule has 2 aliphatic rings. The molecule has 3 aromatic rings.